The van der Waals surface area contributed by atoms with Gasteiger partial charge in [-0.1, -0.05) is 6.08 Å². The zero-order valence-corrected chi connectivity index (χ0v) is 13.8. The normalized spacial score (nSPS) is 23.4. The molecule has 1 saturated carbocycles. The van der Waals surface area contributed by atoms with E-state index in [1.165, 1.54) is 0 Å². The summed E-state index contributed by atoms with van der Waals surface area (Å²) in [5.74, 6) is -0.0274. The summed E-state index contributed by atoms with van der Waals surface area (Å²) in [6.07, 6.45) is 5.03. The summed E-state index contributed by atoms with van der Waals surface area (Å²) in [6.45, 7) is 9.18. The van der Waals surface area contributed by atoms with E-state index in [1.807, 2.05) is 27.7 Å². The van der Waals surface area contributed by atoms with Gasteiger partial charge in [0.05, 0.1) is 0 Å². The van der Waals surface area contributed by atoms with Gasteiger partial charge in [-0.2, -0.15) is 0 Å². The van der Waals surface area contributed by atoms with Crippen molar-refractivity contribution in [1.29, 1.82) is 0 Å². The van der Waals surface area contributed by atoms with E-state index in [-0.39, 0.29) is 24.1 Å². The van der Waals surface area contributed by atoms with Crippen molar-refractivity contribution in [3.8, 4) is 0 Å². The van der Waals surface area contributed by atoms with Gasteiger partial charge >= 0.3 is 6.09 Å². The fraction of sp³-hybridized carbons (Fsp3) is 0.750. The maximum atomic E-state index is 11.9. The van der Waals surface area contributed by atoms with Gasteiger partial charge in [0.1, 0.15) is 5.60 Å². The van der Waals surface area contributed by atoms with E-state index < -0.39 is 5.60 Å². The van der Waals surface area contributed by atoms with Crippen LogP contribution in [0, 0.1) is 0 Å². The van der Waals surface area contributed by atoms with Crippen LogP contribution in [0.2, 0.25) is 0 Å². The molecule has 0 aromatic carbocycles. The molecule has 5 heteroatoms. The Morgan fingerprint density at radius 2 is 1.71 bits per heavy atom. The summed E-state index contributed by atoms with van der Waals surface area (Å²) in [7, 11) is 0. The first-order chi connectivity index (χ1) is 9.71. The first-order valence-electron chi connectivity index (χ1n) is 7.64. The van der Waals surface area contributed by atoms with Crippen molar-refractivity contribution in [2.75, 3.05) is 0 Å². The van der Waals surface area contributed by atoms with Gasteiger partial charge in [0.2, 0.25) is 5.91 Å². The van der Waals surface area contributed by atoms with Crippen LogP contribution in [0.15, 0.2) is 11.6 Å². The molecule has 1 aliphatic rings. The molecule has 21 heavy (non-hydrogen) atoms. The lowest BCUT2D eigenvalue weighted by atomic mass is 9.91. The number of carbonyl (C=O) groups is 2. The number of amides is 2. The number of hydrogen-bond acceptors (Lipinski definition) is 3. The predicted octanol–water partition coefficient (Wildman–Crippen LogP) is 2.90. The van der Waals surface area contributed by atoms with Crippen LogP contribution in [0.25, 0.3) is 0 Å². The van der Waals surface area contributed by atoms with Gasteiger partial charge in [-0.05, 0) is 60.3 Å². The molecule has 5 nitrogen and oxygen atoms in total. The van der Waals surface area contributed by atoms with Gasteiger partial charge in [-0.15, -0.1) is 0 Å². The Hall–Kier alpha value is -1.52. The molecule has 1 rings (SSSR count). The van der Waals surface area contributed by atoms with Crippen molar-refractivity contribution >= 4 is 12.0 Å². The fourth-order valence-electron chi connectivity index (χ4n) is 2.36. The third-order valence-electron chi connectivity index (χ3n) is 3.52. The Morgan fingerprint density at radius 1 is 1.14 bits per heavy atom. The lowest BCUT2D eigenvalue weighted by Crippen LogP contribution is -2.47. The summed E-state index contributed by atoms with van der Waals surface area (Å²) in [6, 6.07) is 0.172. The van der Waals surface area contributed by atoms with E-state index in [9.17, 15) is 9.59 Å². The molecule has 0 saturated heterocycles. The third kappa shape index (κ3) is 6.65. The highest BCUT2D eigenvalue weighted by Crippen LogP contribution is 2.19. The number of rotatable bonds is 3. The van der Waals surface area contributed by atoms with Crippen molar-refractivity contribution in [2.24, 2.45) is 0 Å². The number of nitrogens with one attached hydrogen (secondary N) is 2. The van der Waals surface area contributed by atoms with E-state index in [0.717, 1.165) is 31.3 Å². The standard InChI is InChI=1S/C16H28N2O3/c1-6-11(2)14(19)17-12-8-7-9-13(10-12)18-15(20)21-16(3,4)5/h6,12-13H,7-10H2,1-5H3,(H,17,19)(H,18,20). The minimum Gasteiger partial charge on any atom is -0.444 e. The van der Waals surface area contributed by atoms with E-state index in [2.05, 4.69) is 10.6 Å². The summed E-state index contributed by atoms with van der Waals surface area (Å²) >= 11 is 0. The highest BCUT2D eigenvalue weighted by atomic mass is 16.6. The minimum absolute atomic E-state index is 0.0274. The second-order valence-corrected chi connectivity index (χ2v) is 6.65. The maximum absolute atomic E-state index is 11.9. The third-order valence-corrected chi connectivity index (χ3v) is 3.52. The van der Waals surface area contributed by atoms with Gasteiger partial charge in [-0.25, -0.2) is 4.79 Å². The fourth-order valence-corrected chi connectivity index (χ4v) is 2.36. The Labute approximate surface area is 127 Å². The van der Waals surface area contributed by atoms with Crippen LogP contribution in [0.3, 0.4) is 0 Å². The number of hydrogen-bond donors (Lipinski definition) is 2. The molecule has 0 spiro atoms. The average molecular weight is 296 g/mol. The van der Waals surface area contributed by atoms with Crippen LogP contribution in [0.5, 0.6) is 0 Å². The van der Waals surface area contributed by atoms with Crippen LogP contribution < -0.4 is 10.6 Å². The molecule has 1 fully saturated rings. The Balaban J connectivity index is 2.45. The average Bonchev–Trinajstić information content (AvgIpc) is 2.35. The smallest absolute Gasteiger partial charge is 0.407 e. The molecule has 1 aliphatic carbocycles. The molecule has 120 valence electrons. The van der Waals surface area contributed by atoms with E-state index in [1.54, 1.807) is 13.0 Å². The van der Waals surface area contributed by atoms with Gasteiger partial charge in [0.25, 0.3) is 0 Å². The van der Waals surface area contributed by atoms with E-state index in [0.29, 0.717) is 0 Å². The van der Waals surface area contributed by atoms with Crippen molar-refractivity contribution in [1.82, 2.24) is 10.6 Å². The zero-order valence-electron chi connectivity index (χ0n) is 13.8. The Morgan fingerprint density at radius 3 is 2.24 bits per heavy atom. The monoisotopic (exact) mass is 296 g/mol. The number of ether oxygens (including phenoxy) is 1. The lowest BCUT2D eigenvalue weighted by molar-refractivity contribution is -0.118. The van der Waals surface area contributed by atoms with Crippen molar-refractivity contribution in [3.63, 3.8) is 0 Å². The lowest BCUT2D eigenvalue weighted by Gasteiger charge is -2.31. The highest BCUT2D eigenvalue weighted by Gasteiger charge is 2.26. The molecule has 0 bridgehead atoms. The first-order valence-corrected chi connectivity index (χ1v) is 7.64. The molecule has 2 amide bonds. The molecule has 2 unspecified atom stereocenters. The molecule has 0 aliphatic heterocycles. The maximum Gasteiger partial charge on any atom is 0.407 e. The molecule has 2 N–H and O–H groups in total. The molecule has 0 radical (unpaired) electrons. The van der Waals surface area contributed by atoms with Crippen molar-refractivity contribution in [2.45, 2.75) is 78.0 Å². The van der Waals surface area contributed by atoms with Gasteiger partial charge < -0.3 is 15.4 Å². The SMILES string of the molecule is CC=C(C)C(=O)NC1CCCC(NC(=O)OC(C)(C)C)C1. The van der Waals surface area contributed by atoms with Crippen LogP contribution in [0.1, 0.15) is 60.3 Å². The zero-order chi connectivity index (χ0) is 16.0. The molecule has 0 aromatic rings. The van der Waals surface area contributed by atoms with Crippen LogP contribution in [-0.4, -0.2) is 29.7 Å². The quantitative estimate of drug-likeness (QED) is 0.787. The largest absolute Gasteiger partial charge is 0.444 e. The summed E-state index contributed by atoms with van der Waals surface area (Å²) in [5, 5.41) is 5.92. The predicted molar refractivity (Wildman–Crippen MR) is 83.0 cm³/mol. The van der Waals surface area contributed by atoms with Crippen LogP contribution in [0.4, 0.5) is 4.79 Å². The van der Waals surface area contributed by atoms with Gasteiger partial charge in [0.15, 0.2) is 0 Å². The second kappa shape index (κ2) is 7.48. The topological polar surface area (TPSA) is 67.4 Å². The summed E-state index contributed by atoms with van der Waals surface area (Å²) < 4.78 is 5.27. The molecule has 0 heterocycles. The summed E-state index contributed by atoms with van der Waals surface area (Å²) in [4.78, 5) is 23.6. The summed E-state index contributed by atoms with van der Waals surface area (Å²) in [5.41, 5.74) is 0.229. The van der Waals surface area contributed by atoms with Gasteiger partial charge in [-0.3, -0.25) is 4.79 Å². The molecule has 2 atom stereocenters. The van der Waals surface area contributed by atoms with E-state index >= 15 is 0 Å². The molecular weight excluding hydrogens is 268 g/mol. The van der Waals surface area contributed by atoms with Crippen LogP contribution in [-0.2, 0) is 9.53 Å². The van der Waals surface area contributed by atoms with Gasteiger partial charge in [0, 0.05) is 17.7 Å². The second-order valence-electron chi connectivity index (χ2n) is 6.65. The molecule has 0 aromatic heterocycles. The van der Waals surface area contributed by atoms with Crippen LogP contribution >= 0.6 is 0 Å². The first kappa shape index (κ1) is 17.5. The van der Waals surface area contributed by atoms with E-state index in [4.69, 9.17) is 4.74 Å². The van der Waals surface area contributed by atoms with Crippen molar-refractivity contribution < 1.29 is 14.3 Å². The number of carbonyl (C=O) groups excluding carboxylic acids is 2. The Kier molecular flexibility index (Phi) is 6.24. The molecular formula is C16H28N2O3. The highest BCUT2D eigenvalue weighted by molar-refractivity contribution is 5.92. The number of alkyl carbamates (subject to hydrolysis) is 1. The minimum atomic E-state index is -0.491. The van der Waals surface area contributed by atoms with Crippen molar-refractivity contribution in [3.05, 3.63) is 11.6 Å². The number of allylic oxidation sites excluding steroid dienone is 1. The Bertz CT molecular complexity index is 410.